The quantitative estimate of drug-likeness (QED) is 0.835. The Hall–Kier alpha value is -0.940. The van der Waals surface area contributed by atoms with Crippen LogP contribution in [0.15, 0.2) is 18.2 Å². The second-order valence-electron chi connectivity index (χ2n) is 7.41. The van der Waals surface area contributed by atoms with Gasteiger partial charge in [-0.3, -0.25) is 9.80 Å². The molecule has 2 rings (SSSR count). The largest absolute Gasteiger partial charge is 0.389 e. The van der Waals surface area contributed by atoms with Crippen molar-refractivity contribution in [3.8, 4) is 0 Å². The van der Waals surface area contributed by atoms with Crippen LogP contribution in [0.25, 0.3) is 0 Å². The fourth-order valence-electron chi connectivity index (χ4n) is 3.08. The Bertz CT molecular complexity index is 491. The SMILES string of the molecule is Cc1ccc(C)c(CN(CCN2CCOCC2)CC(C)(C)O)c1. The van der Waals surface area contributed by atoms with Gasteiger partial charge in [0.25, 0.3) is 0 Å². The van der Waals surface area contributed by atoms with Gasteiger partial charge >= 0.3 is 0 Å². The van der Waals surface area contributed by atoms with Gasteiger partial charge in [-0.05, 0) is 38.8 Å². The van der Waals surface area contributed by atoms with E-state index in [1.165, 1.54) is 16.7 Å². The third-order valence-electron chi connectivity index (χ3n) is 4.35. The van der Waals surface area contributed by atoms with Gasteiger partial charge in [0.05, 0.1) is 18.8 Å². The van der Waals surface area contributed by atoms with E-state index in [9.17, 15) is 5.11 Å². The van der Waals surface area contributed by atoms with E-state index in [1.807, 2.05) is 13.8 Å². The second-order valence-corrected chi connectivity index (χ2v) is 7.41. The van der Waals surface area contributed by atoms with Crippen molar-refractivity contribution in [2.75, 3.05) is 45.9 Å². The highest BCUT2D eigenvalue weighted by atomic mass is 16.5. The van der Waals surface area contributed by atoms with Crippen molar-refractivity contribution in [3.63, 3.8) is 0 Å². The molecule has 1 aromatic rings. The van der Waals surface area contributed by atoms with Crippen LogP contribution < -0.4 is 0 Å². The lowest BCUT2D eigenvalue weighted by atomic mass is 10.0. The molecule has 0 aliphatic carbocycles. The molecule has 1 aliphatic rings. The van der Waals surface area contributed by atoms with Crippen molar-refractivity contribution in [1.82, 2.24) is 9.80 Å². The van der Waals surface area contributed by atoms with E-state index in [0.29, 0.717) is 6.54 Å². The first kappa shape index (κ1) is 18.4. The number of hydrogen-bond donors (Lipinski definition) is 1. The number of morpholine rings is 1. The standard InChI is InChI=1S/C19H32N2O2/c1-16-5-6-17(2)18(13-16)14-21(15-19(3,4)22)8-7-20-9-11-23-12-10-20/h5-6,13,22H,7-12,14-15H2,1-4H3. The Morgan fingerprint density at radius 1 is 1.22 bits per heavy atom. The molecule has 0 saturated carbocycles. The van der Waals surface area contributed by atoms with Crippen molar-refractivity contribution >= 4 is 0 Å². The molecule has 0 spiro atoms. The first-order valence-electron chi connectivity index (χ1n) is 8.64. The first-order valence-corrected chi connectivity index (χ1v) is 8.64. The molecule has 0 radical (unpaired) electrons. The van der Waals surface area contributed by atoms with Crippen LogP contribution in [-0.2, 0) is 11.3 Å². The minimum atomic E-state index is -0.678. The molecule has 0 aromatic heterocycles. The predicted molar refractivity (Wildman–Crippen MR) is 94.7 cm³/mol. The molecule has 4 heteroatoms. The number of aliphatic hydroxyl groups is 1. The zero-order chi connectivity index (χ0) is 16.9. The number of aryl methyl sites for hydroxylation is 2. The van der Waals surface area contributed by atoms with Gasteiger partial charge in [-0.15, -0.1) is 0 Å². The Kier molecular flexibility index (Phi) is 6.60. The zero-order valence-corrected chi connectivity index (χ0v) is 15.1. The summed E-state index contributed by atoms with van der Waals surface area (Å²) in [5.41, 5.74) is 3.30. The summed E-state index contributed by atoms with van der Waals surface area (Å²) < 4.78 is 5.42. The fourth-order valence-corrected chi connectivity index (χ4v) is 3.08. The molecule has 1 saturated heterocycles. The summed E-state index contributed by atoms with van der Waals surface area (Å²) in [7, 11) is 0. The number of ether oxygens (including phenoxy) is 1. The topological polar surface area (TPSA) is 35.9 Å². The zero-order valence-electron chi connectivity index (χ0n) is 15.1. The molecule has 0 bridgehead atoms. The molecule has 1 fully saturated rings. The average Bonchev–Trinajstić information content (AvgIpc) is 2.48. The van der Waals surface area contributed by atoms with Gasteiger partial charge in [0.2, 0.25) is 0 Å². The molecule has 0 atom stereocenters. The Morgan fingerprint density at radius 2 is 1.91 bits per heavy atom. The number of hydrogen-bond acceptors (Lipinski definition) is 4. The number of rotatable bonds is 7. The summed E-state index contributed by atoms with van der Waals surface area (Å²) in [6.45, 7) is 15.4. The molecular weight excluding hydrogens is 288 g/mol. The molecule has 0 amide bonds. The predicted octanol–water partition coefficient (Wildman–Crippen LogP) is 2.21. The van der Waals surface area contributed by atoms with Crippen molar-refractivity contribution in [2.45, 2.75) is 39.8 Å². The van der Waals surface area contributed by atoms with Crippen LogP contribution in [0.5, 0.6) is 0 Å². The summed E-state index contributed by atoms with van der Waals surface area (Å²) >= 11 is 0. The molecule has 1 aromatic carbocycles. The van der Waals surface area contributed by atoms with Crippen LogP contribution in [0, 0.1) is 13.8 Å². The molecule has 23 heavy (non-hydrogen) atoms. The molecule has 0 unspecified atom stereocenters. The molecule has 1 heterocycles. The highest BCUT2D eigenvalue weighted by Gasteiger charge is 2.20. The second kappa shape index (κ2) is 8.25. The lowest BCUT2D eigenvalue weighted by molar-refractivity contribution is 0.0139. The Morgan fingerprint density at radius 3 is 2.57 bits per heavy atom. The molecule has 1 aliphatic heterocycles. The van der Waals surface area contributed by atoms with Gasteiger partial charge in [-0.25, -0.2) is 0 Å². The molecule has 130 valence electrons. The van der Waals surface area contributed by atoms with Gasteiger partial charge in [0.15, 0.2) is 0 Å². The van der Waals surface area contributed by atoms with E-state index in [-0.39, 0.29) is 0 Å². The number of nitrogens with zero attached hydrogens (tertiary/aromatic N) is 2. The molecule has 4 nitrogen and oxygen atoms in total. The lowest BCUT2D eigenvalue weighted by Gasteiger charge is -2.33. The average molecular weight is 320 g/mol. The molecule has 1 N–H and O–H groups in total. The van der Waals surface area contributed by atoms with E-state index in [4.69, 9.17) is 4.74 Å². The maximum atomic E-state index is 10.3. The van der Waals surface area contributed by atoms with Crippen LogP contribution in [0.2, 0.25) is 0 Å². The number of benzene rings is 1. The molecular formula is C19H32N2O2. The Balaban J connectivity index is 1.99. The smallest absolute Gasteiger partial charge is 0.0718 e. The highest BCUT2D eigenvalue weighted by Crippen LogP contribution is 2.15. The summed E-state index contributed by atoms with van der Waals surface area (Å²) in [5, 5.41) is 10.3. The van der Waals surface area contributed by atoms with Gasteiger partial charge in [-0.2, -0.15) is 0 Å². The summed E-state index contributed by atoms with van der Waals surface area (Å²) in [6.07, 6.45) is 0. The van der Waals surface area contributed by atoms with E-state index >= 15 is 0 Å². The van der Waals surface area contributed by atoms with E-state index in [2.05, 4.69) is 41.8 Å². The van der Waals surface area contributed by atoms with Crippen LogP contribution in [0.3, 0.4) is 0 Å². The fraction of sp³-hybridized carbons (Fsp3) is 0.684. The maximum Gasteiger partial charge on any atom is 0.0718 e. The third-order valence-corrected chi connectivity index (χ3v) is 4.35. The van der Waals surface area contributed by atoms with Gasteiger partial charge < -0.3 is 9.84 Å². The maximum absolute atomic E-state index is 10.3. The minimum Gasteiger partial charge on any atom is -0.389 e. The van der Waals surface area contributed by atoms with Gasteiger partial charge in [-0.1, -0.05) is 23.8 Å². The van der Waals surface area contributed by atoms with Gasteiger partial charge in [0.1, 0.15) is 0 Å². The minimum absolute atomic E-state index is 0.678. The van der Waals surface area contributed by atoms with Crippen LogP contribution >= 0.6 is 0 Å². The summed E-state index contributed by atoms with van der Waals surface area (Å²) in [6, 6.07) is 6.61. The van der Waals surface area contributed by atoms with E-state index in [1.54, 1.807) is 0 Å². The van der Waals surface area contributed by atoms with E-state index < -0.39 is 5.60 Å². The van der Waals surface area contributed by atoms with Crippen molar-refractivity contribution in [1.29, 1.82) is 0 Å². The van der Waals surface area contributed by atoms with Crippen LogP contribution in [-0.4, -0.2) is 66.4 Å². The third kappa shape index (κ3) is 6.60. The van der Waals surface area contributed by atoms with Crippen molar-refractivity contribution in [2.24, 2.45) is 0 Å². The lowest BCUT2D eigenvalue weighted by Crippen LogP contribution is -2.44. The van der Waals surface area contributed by atoms with E-state index in [0.717, 1.165) is 45.9 Å². The van der Waals surface area contributed by atoms with Crippen molar-refractivity contribution in [3.05, 3.63) is 34.9 Å². The first-order chi connectivity index (χ1) is 10.8. The summed E-state index contributed by atoms with van der Waals surface area (Å²) in [5.74, 6) is 0. The van der Waals surface area contributed by atoms with Gasteiger partial charge in [0, 0.05) is 39.3 Å². The van der Waals surface area contributed by atoms with Crippen LogP contribution in [0.1, 0.15) is 30.5 Å². The highest BCUT2D eigenvalue weighted by molar-refractivity contribution is 5.30. The normalized spacial score (nSPS) is 17.0. The summed E-state index contributed by atoms with van der Waals surface area (Å²) in [4.78, 5) is 4.82. The monoisotopic (exact) mass is 320 g/mol. The Labute approximate surface area is 141 Å². The van der Waals surface area contributed by atoms with Crippen LogP contribution in [0.4, 0.5) is 0 Å². The van der Waals surface area contributed by atoms with Crippen molar-refractivity contribution < 1.29 is 9.84 Å².